The molecule has 174 valence electrons. The lowest BCUT2D eigenvalue weighted by Crippen LogP contribution is -2.37. The Bertz CT molecular complexity index is 1050. The van der Waals surface area contributed by atoms with Crippen molar-refractivity contribution in [1.82, 2.24) is 14.9 Å². The van der Waals surface area contributed by atoms with Crippen molar-refractivity contribution in [3.63, 3.8) is 0 Å². The summed E-state index contributed by atoms with van der Waals surface area (Å²) in [6.07, 6.45) is 3.58. The van der Waals surface area contributed by atoms with Crippen LogP contribution in [-0.2, 0) is 27.9 Å². The minimum atomic E-state index is -4.03. The molecule has 1 saturated heterocycles. The Morgan fingerprint density at radius 2 is 1.84 bits per heavy atom. The van der Waals surface area contributed by atoms with Crippen LogP contribution in [0.2, 0.25) is 0 Å². The number of piperidine rings is 1. The smallest absolute Gasteiger partial charge is 0.240 e. The highest BCUT2D eigenvalue weighted by Gasteiger charge is 2.19. The fourth-order valence-corrected chi connectivity index (χ4v) is 4.85. The first kappa shape index (κ1) is 24.3. The van der Waals surface area contributed by atoms with Crippen LogP contribution in [0.15, 0.2) is 47.4 Å². The maximum absolute atomic E-state index is 13.3. The molecule has 0 spiro atoms. The normalized spacial score (nSPS) is 17.3. The van der Waals surface area contributed by atoms with Crippen molar-refractivity contribution in [2.75, 3.05) is 13.1 Å². The van der Waals surface area contributed by atoms with Gasteiger partial charge in [-0.25, -0.2) is 21.9 Å². The van der Waals surface area contributed by atoms with E-state index in [-0.39, 0.29) is 18.9 Å². The van der Waals surface area contributed by atoms with Gasteiger partial charge < -0.3 is 5.32 Å². The zero-order valence-corrected chi connectivity index (χ0v) is 18.9. The molecule has 3 rings (SSSR count). The van der Waals surface area contributed by atoms with Crippen LogP contribution in [0, 0.1) is 11.6 Å². The van der Waals surface area contributed by atoms with E-state index in [4.69, 9.17) is 0 Å². The van der Waals surface area contributed by atoms with Gasteiger partial charge in [-0.15, -0.1) is 0 Å². The second-order valence-electron chi connectivity index (χ2n) is 8.08. The van der Waals surface area contributed by atoms with E-state index in [2.05, 4.69) is 27.9 Å². The van der Waals surface area contributed by atoms with E-state index >= 15 is 0 Å². The summed E-state index contributed by atoms with van der Waals surface area (Å²) in [6.45, 7) is 4.35. The van der Waals surface area contributed by atoms with Crippen molar-refractivity contribution >= 4 is 15.9 Å². The van der Waals surface area contributed by atoms with E-state index in [1.165, 1.54) is 24.8 Å². The molecule has 1 unspecified atom stereocenters. The number of halogens is 2. The number of hydrogen-bond acceptors (Lipinski definition) is 4. The molecule has 1 aliphatic heterocycles. The summed E-state index contributed by atoms with van der Waals surface area (Å²) in [5.41, 5.74) is 2.20. The summed E-state index contributed by atoms with van der Waals surface area (Å²) in [6, 6.07) is 10.8. The molecule has 2 aromatic rings. The van der Waals surface area contributed by atoms with Gasteiger partial charge in [0.15, 0.2) is 11.6 Å². The standard InChI is InChI=1S/C23H29F2N3O3S/c1-17-6-4-5-13-28(17)16-19-8-3-2-7-18(19)15-26-23(29)11-12-27-32(30,31)20-9-10-21(24)22(25)14-20/h2-3,7-10,14,17,27H,4-6,11-13,15-16H2,1H3,(H,26,29). The largest absolute Gasteiger partial charge is 0.352 e. The highest BCUT2D eigenvalue weighted by molar-refractivity contribution is 7.89. The van der Waals surface area contributed by atoms with Gasteiger partial charge in [-0.3, -0.25) is 9.69 Å². The number of amides is 1. The number of carbonyl (C=O) groups is 1. The van der Waals surface area contributed by atoms with Crippen LogP contribution in [0.1, 0.15) is 43.7 Å². The number of sulfonamides is 1. The molecule has 6 nitrogen and oxygen atoms in total. The van der Waals surface area contributed by atoms with Crippen molar-refractivity contribution in [1.29, 1.82) is 0 Å². The quantitative estimate of drug-likeness (QED) is 0.596. The third kappa shape index (κ3) is 6.57. The molecule has 2 aromatic carbocycles. The predicted octanol–water partition coefficient (Wildman–Crippen LogP) is 3.32. The molecule has 1 heterocycles. The average Bonchev–Trinajstić information content (AvgIpc) is 2.76. The molecule has 1 atom stereocenters. The number of hydrogen-bond donors (Lipinski definition) is 2. The molecule has 0 radical (unpaired) electrons. The number of benzene rings is 2. The highest BCUT2D eigenvalue weighted by atomic mass is 32.2. The maximum Gasteiger partial charge on any atom is 0.240 e. The molecule has 2 N–H and O–H groups in total. The first-order chi connectivity index (χ1) is 15.3. The van der Waals surface area contributed by atoms with Gasteiger partial charge in [-0.05, 0) is 55.6 Å². The number of carbonyl (C=O) groups excluding carboxylic acids is 1. The van der Waals surface area contributed by atoms with Crippen LogP contribution < -0.4 is 10.0 Å². The topological polar surface area (TPSA) is 78.5 Å². The van der Waals surface area contributed by atoms with E-state index < -0.39 is 26.6 Å². The minimum Gasteiger partial charge on any atom is -0.352 e. The van der Waals surface area contributed by atoms with Gasteiger partial charge in [0.05, 0.1) is 4.90 Å². The van der Waals surface area contributed by atoms with Crippen LogP contribution >= 0.6 is 0 Å². The summed E-state index contributed by atoms with van der Waals surface area (Å²) in [4.78, 5) is 14.3. The van der Waals surface area contributed by atoms with Gasteiger partial charge in [0.2, 0.25) is 15.9 Å². The maximum atomic E-state index is 13.3. The van der Waals surface area contributed by atoms with Crippen molar-refractivity contribution in [2.45, 2.75) is 56.6 Å². The summed E-state index contributed by atoms with van der Waals surface area (Å²) in [7, 11) is -4.03. The Labute approximate surface area is 188 Å². The van der Waals surface area contributed by atoms with E-state index in [1.54, 1.807) is 0 Å². The Hall–Kier alpha value is -2.36. The van der Waals surface area contributed by atoms with Crippen molar-refractivity contribution in [3.8, 4) is 0 Å². The van der Waals surface area contributed by atoms with Gasteiger partial charge in [0, 0.05) is 32.1 Å². The average molecular weight is 466 g/mol. The van der Waals surface area contributed by atoms with Crippen molar-refractivity contribution in [3.05, 3.63) is 65.2 Å². The zero-order chi connectivity index (χ0) is 23.1. The molecule has 0 aliphatic carbocycles. The fourth-order valence-electron chi connectivity index (χ4n) is 3.80. The van der Waals surface area contributed by atoms with Crippen molar-refractivity contribution in [2.24, 2.45) is 0 Å². The Balaban J connectivity index is 1.49. The lowest BCUT2D eigenvalue weighted by molar-refractivity contribution is -0.121. The fraction of sp³-hybridized carbons (Fsp3) is 0.435. The monoisotopic (exact) mass is 465 g/mol. The van der Waals surface area contributed by atoms with E-state index in [9.17, 15) is 22.0 Å². The van der Waals surface area contributed by atoms with Gasteiger partial charge in [-0.2, -0.15) is 0 Å². The zero-order valence-electron chi connectivity index (χ0n) is 18.1. The molecule has 9 heteroatoms. The Morgan fingerprint density at radius 1 is 1.09 bits per heavy atom. The number of nitrogens with zero attached hydrogens (tertiary/aromatic N) is 1. The highest BCUT2D eigenvalue weighted by Crippen LogP contribution is 2.21. The molecule has 1 amide bonds. The molecule has 0 aromatic heterocycles. The minimum absolute atomic E-state index is 0.0752. The lowest BCUT2D eigenvalue weighted by Gasteiger charge is -2.33. The number of likely N-dealkylation sites (tertiary alicyclic amines) is 1. The first-order valence-corrected chi connectivity index (χ1v) is 12.3. The number of rotatable bonds is 9. The summed E-state index contributed by atoms with van der Waals surface area (Å²) in [5.74, 6) is -2.68. The van der Waals surface area contributed by atoms with E-state index in [0.717, 1.165) is 30.8 Å². The second kappa shape index (κ2) is 11.0. The van der Waals surface area contributed by atoms with Crippen LogP contribution in [0.5, 0.6) is 0 Å². The van der Waals surface area contributed by atoms with Gasteiger partial charge in [0.1, 0.15) is 0 Å². The first-order valence-electron chi connectivity index (χ1n) is 10.8. The van der Waals surface area contributed by atoms with Crippen LogP contribution in [0.25, 0.3) is 0 Å². The molecule has 1 aliphatic rings. The lowest BCUT2D eigenvalue weighted by atomic mass is 10.0. The number of nitrogens with one attached hydrogen (secondary N) is 2. The van der Waals surface area contributed by atoms with Crippen molar-refractivity contribution < 1.29 is 22.0 Å². The summed E-state index contributed by atoms with van der Waals surface area (Å²) < 4.78 is 52.9. The molecule has 0 saturated carbocycles. The second-order valence-corrected chi connectivity index (χ2v) is 9.85. The summed E-state index contributed by atoms with van der Waals surface area (Å²) in [5, 5.41) is 2.83. The molecular weight excluding hydrogens is 436 g/mol. The van der Waals surface area contributed by atoms with E-state index in [1.807, 2.05) is 18.2 Å². The predicted molar refractivity (Wildman–Crippen MR) is 118 cm³/mol. The summed E-state index contributed by atoms with van der Waals surface area (Å²) >= 11 is 0. The van der Waals surface area contributed by atoms with E-state index in [0.29, 0.717) is 18.7 Å². The molecule has 1 fully saturated rings. The third-order valence-electron chi connectivity index (χ3n) is 5.75. The molecule has 32 heavy (non-hydrogen) atoms. The van der Waals surface area contributed by atoms with Crippen LogP contribution in [0.3, 0.4) is 0 Å². The van der Waals surface area contributed by atoms with Crippen LogP contribution in [-0.4, -0.2) is 38.4 Å². The van der Waals surface area contributed by atoms with Gasteiger partial charge >= 0.3 is 0 Å². The third-order valence-corrected chi connectivity index (χ3v) is 7.21. The Morgan fingerprint density at radius 3 is 2.56 bits per heavy atom. The molecular formula is C23H29F2N3O3S. The van der Waals surface area contributed by atoms with Gasteiger partial charge in [0.25, 0.3) is 0 Å². The Kier molecular flexibility index (Phi) is 8.33. The van der Waals surface area contributed by atoms with Gasteiger partial charge in [-0.1, -0.05) is 30.7 Å². The SMILES string of the molecule is CC1CCCCN1Cc1ccccc1CNC(=O)CCNS(=O)(=O)c1ccc(F)c(F)c1. The van der Waals surface area contributed by atoms with Crippen LogP contribution in [0.4, 0.5) is 8.78 Å². The molecule has 0 bridgehead atoms.